The SMILES string of the molecule is Cc1cccc(CC(=O)N[C@H]2CCN(c3ccccn3)C2)c1. The molecule has 0 saturated carbocycles. The second kappa shape index (κ2) is 6.60. The Bertz CT molecular complexity index is 642. The molecule has 0 unspecified atom stereocenters. The van der Waals surface area contributed by atoms with Crippen LogP contribution in [0.2, 0.25) is 0 Å². The summed E-state index contributed by atoms with van der Waals surface area (Å²) < 4.78 is 0. The summed E-state index contributed by atoms with van der Waals surface area (Å²) in [7, 11) is 0. The molecule has 1 amide bonds. The fourth-order valence-corrected chi connectivity index (χ4v) is 2.91. The molecule has 2 aromatic rings. The maximum Gasteiger partial charge on any atom is 0.224 e. The summed E-state index contributed by atoms with van der Waals surface area (Å²) >= 11 is 0. The molecule has 4 heteroatoms. The van der Waals surface area contributed by atoms with Gasteiger partial charge in [0.05, 0.1) is 6.42 Å². The van der Waals surface area contributed by atoms with Crippen LogP contribution in [0.4, 0.5) is 5.82 Å². The highest BCUT2D eigenvalue weighted by molar-refractivity contribution is 5.79. The zero-order chi connectivity index (χ0) is 15.4. The van der Waals surface area contributed by atoms with E-state index in [-0.39, 0.29) is 11.9 Å². The number of nitrogens with one attached hydrogen (secondary N) is 1. The van der Waals surface area contributed by atoms with Crippen LogP contribution >= 0.6 is 0 Å². The molecule has 1 saturated heterocycles. The molecule has 4 nitrogen and oxygen atoms in total. The van der Waals surface area contributed by atoms with Crippen molar-refractivity contribution in [2.45, 2.75) is 25.8 Å². The van der Waals surface area contributed by atoms with Crippen LogP contribution in [0.15, 0.2) is 48.7 Å². The number of amides is 1. The van der Waals surface area contributed by atoms with Crippen molar-refractivity contribution in [2.24, 2.45) is 0 Å². The standard InChI is InChI=1S/C18H21N3O/c1-14-5-4-6-15(11-14)12-18(22)20-16-8-10-21(13-16)17-7-2-3-9-19-17/h2-7,9,11,16H,8,10,12-13H2,1H3,(H,20,22)/t16-/m0/s1. The number of nitrogens with zero attached hydrogens (tertiary/aromatic N) is 2. The number of anilines is 1. The molecule has 1 aromatic heterocycles. The normalized spacial score (nSPS) is 17.5. The van der Waals surface area contributed by atoms with Crippen LogP contribution in [0.3, 0.4) is 0 Å². The largest absolute Gasteiger partial charge is 0.354 e. The maximum atomic E-state index is 12.2. The highest BCUT2D eigenvalue weighted by Gasteiger charge is 2.24. The van der Waals surface area contributed by atoms with Crippen LogP contribution in [0, 0.1) is 6.92 Å². The highest BCUT2D eigenvalue weighted by atomic mass is 16.1. The Morgan fingerprint density at radius 2 is 2.23 bits per heavy atom. The van der Waals surface area contributed by atoms with Crippen molar-refractivity contribution in [3.8, 4) is 0 Å². The van der Waals surface area contributed by atoms with E-state index in [4.69, 9.17) is 0 Å². The Kier molecular flexibility index (Phi) is 4.37. The maximum absolute atomic E-state index is 12.2. The Morgan fingerprint density at radius 3 is 3.00 bits per heavy atom. The van der Waals surface area contributed by atoms with Crippen LogP contribution in [0.5, 0.6) is 0 Å². The molecule has 0 bridgehead atoms. The van der Waals surface area contributed by atoms with Gasteiger partial charge in [-0.3, -0.25) is 4.79 Å². The summed E-state index contributed by atoms with van der Waals surface area (Å²) in [6, 6.07) is 14.2. The Morgan fingerprint density at radius 1 is 1.32 bits per heavy atom. The van der Waals surface area contributed by atoms with E-state index in [2.05, 4.69) is 21.3 Å². The third-order valence-corrected chi connectivity index (χ3v) is 3.97. The smallest absolute Gasteiger partial charge is 0.224 e. The first-order valence-corrected chi connectivity index (χ1v) is 7.71. The lowest BCUT2D eigenvalue weighted by atomic mass is 10.1. The van der Waals surface area contributed by atoms with E-state index in [1.807, 2.05) is 43.3 Å². The minimum absolute atomic E-state index is 0.0958. The van der Waals surface area contributed by atoms with E-state index in [1.54, 1.807) is 6.20 Å². The molecule has 1 aromatic carbocycles. The minimum Gasteiger partial charge on any atom is -0.354 e. The van der Waals surface area contributed by atoms with Crippen molar-refractivity contribution in [3.05, 3.63) is 59.8 Å². The van der Waals surface area contributed by atoms with Gasteiger partial charge in [-0.1, -0.05) is 35.9 Å². The van der Waals surface area contributed by atoms with E-state index < -0.39 is 0 Å². The van der Waals surface area contributed by atoms with Gasteiger partial charge in [0.15, 0.2) is 0 Å². The van der Waals surface area contributed by atoms with Gasteiger partial charge in [0.2, 0.25) is 5.91 Å². The Labute approximate surface area is 131 Å². The van der Waals surface area contributed by atoms with Crippen LogP contribution in [0.1, 0.15) is 17.5 Å². The molecule has 114 valence electrons. The number of aromatic nitrogens is 1. The molecule has 0 radical (unpaired) electrons. The first-order chi connectivity index (χ1) is 10.7. The number of rotatable bonds is 4. The Balaban J connectivity index is 1.53. The molecular weight excluding hydrogens is 274 g/mol. The van der Waals surface area contributed by atoms with Crippen molar-refractivity contribution < 1.29 is 4.79 Å². The van der Waals surface area contributed by atoms with Crippen molar-refractivity contribution in [1.82, 2.24) is 10.3 Å². The molecule has 3 rings (SSSR count). The predicted molar refractivity (Wildman–Crippen MR) is 87.9 cm³/mol. The minimum atomic E-state index is 0.0958. The monoisotopic (exact) mass is 295 g/mol. The fourth-order valence-electron chi connectivity index (χ4n) is 2.91. The summed E-state index contributed by atoms with van der Waals surface area (Å²) in [6.45, 7) is 3.81. The van der Waals surface area contributed by atoms with Gasteiger partial charge in [-0.05, 0) is 31.0 Å². The lowest BCUT2D eigenvalue weighted by Crippen LogP contribution is -2.38. The molecule has 2 heterocycles. The number of benzene rings is 1. The Hall–Kier alpha value is -2.36. The van der Waals surface area contributed by atoms with Gasteiger partial charge in [0.25, 0.3) is 0 Å². The van der Waals surface area contributed by atoms with E-state index in [1.165, 1.54) is 5.56 Å². The van der Waals surface area contributed by atoms with E-state index in [0.29, 0.717) is 6.42 Å². The fraction of sp³-hybridized carbons (Fsp3) is 0.333. The molecule has 0 spiro atoms. The number of carbonyl (C=O) groups is 1. The summed E-state index contributed by atoms with van der Waals surface area (Å²) in [6.07, 6.45) is 3.22. The predicted octanol–water partition coefficient (Wildman–Crippen LogP) is 2.33. The van der Waals surface area contributed by atoms with Crippen molar-refractivity contribution in [3.63, 3.8) is 0 Å². The molecular formula is C18H21N3O. The lowest BCUT2D eigenvalue weighted by molar-refractivity contribution is -0.121. The number of hydrogen-bond donors (Lipinski definition) is 1. The summed E-state index contributed by atoms with van der Waals surface area (Å²) in [5.74, 6) is 1.08. The zero-order valence-corrected chi connectivity index (χ0v) is 12.8. The topological polar surface area (TPSA) is 45.2 Å². The van der Waals surface area contributed by atoms with Crippen molar-refractivity contribution in [2.75, 3.05) is 18.0 Å². The van der Waals surface area contributed by atoms with Crippen LogP contribution in [-0.2, 0) is 11.2 Å². The lowest BCUT2D eigenvalue weighted by Gasteiger charge is -2.17. The van der Waals surface area contributed by atoms with Crippen LogP contribution in [0.25, 0.3) is 0 Å². The number of hydrogen-bond acceptors (Lipinski definition) is 3. The number of carbonyl (C=O) groups excluding carboxylic acids is 1. The van der Waals surface area contributed by atoms with Gasteiger partial charge in [0, 0.05) is 25.3 Å². The molecule has 1 fully saturated rings. The molecule has 1 atom stereocenters. The summed E-state index contributed by atoms with van der Waals surface area (Å²) in [4.78, 5) is 18.8. The summed E-state index contributed by atoms with van der Waals surface area (Å²) in [5, 5.41) is 3.14. The second-order valence-electron chi connectivity index (χ2n) is 5.85. The van der Waals surface area contributed by atoms with Gasteiger partial charge in [-0.25, -0.2) is 4.98 Å². The van der Waals surface area contributed by atoms with Crippen LogP contribution in [-0.4, -0.2) is 30.0 Å². The summed E-state index contributed by atoms with van der Waals surface area (Å²) in [5.41, 5.74) is 2.25. The average molecular weight is 295 g/mol. The quantitative estimate of drug-likeness (QED) is 0.941. The van der Waals surface area contributed by atoms with Crippen LogP contribution < -0.4 is 10.2 Å². The average Bonchev–Trinajstić information content (AvgIpc) is 2.96. The molecule has 1 aliphatic heterocycles. The van der Waals surface area contributed by atoms with Crippen molar-refractivity contribution >= 4 is 11.7 Å². The molecule has 1 aliphatic rings. The van der Waals surface area contributed by atoms with E-state index in [0.717, 1.165) is 30.9 Å². The number of aryl methyl sites for hydroxylation is 1. The zero-order valence-electron chi connectivity index (χ0n) is 12.8. The molecule has 0 aliphatic carbocycles. The van der Waals surface area contributed by atoms with E-state index in [9.17, 15) is 4.79 Å². The van der Waals surface area contributed by atoms with Gasteiger partial charge < -0.3 is 10.2 Å². The second-order valence-corrected chi connectivity index (χ2v) is 5.85. The molecule has 1 N–H and O–H groups in total. The van der Waals surface area contributed by atoms with Crippen molar-refractivity contribution in [1.29, 1.82) is 0 Å². The third-order valence-electron chi connectivity index (χ3n) is 3.97. The molecule has 22 heavy (non-hydrogen) atoms. The van der Waals surface area contributed by atoms with Gasteiger partial charge in [-0.2, -0.15) is 0 Å². The highest BCUT2D eigenvalue weighted by Crippen LogP contribution is 2.17. The van der Waals surface area contributed by atoms with Gasteiger partial charge in [-0.15, -0.1) is 0 Å². The first-order valence-electron chi connectivity index (χ1n) is 7.71. The first kappa shape index (κ1) is 14.6. The van der Waals surface area contributed by atoms with E-state index >= 15 is 0 Å². The number of pyridine rings is 1. The van der Waals surface area contributed by atoms with Gasteiger partial charge in [0.1, 0.15) is 5.82 Å². The third kappa shape index (κ3) is 3.64. The van der Waals surface area contributed by atoms with Gasteiger partial charge >= 0.3 is 0 Å².